The molecule has 0 spiro atoms. The van der Waals surface area contributed by atoms with E-state index in [1.165, 1.54) is 64.2 Å². The molecule has 0 saturated heterocycles. The van der Waals surface area contributed by atoms with E-state index >= 15 is 8.78 Å². The van der Waals surface area contributed by atoms with E-state index in [4.69, 9.17) is 0 Å². The fourth-order valence-corrected chi connectivity index (χ4v) is 5.42. The lowest BCUT2D eigenvalue weighted by atomic mass is 9.91. The van der Waals surface area contributed by atoms with Gasteiger partial charge < -0.3 is 0 Å². The molecule has 0 atom stereocenters. The molecule has 0 fully saturated rings. The fraction of sp³-hybridized carbons (Fsp3) is 0.500. The minimum absolute atomic E-state index is 0.392. The highest BCUT2D eigenvalue weighted by molar-refractivity contribution is 5.71. The maximum atomic E-state index is 15.6. The Morgan fingerprint density at radius 1 is 0.474 bits per heavy atom. The summed E-state index contributed by atoms with van der Waals surface area (Å²) >= 11 is 0. The third kappa shape index (κ3) is 9.37. The minimum atomic E-state index is -0.696. The molecule has 0 bridgehead atoms. The summed E-state index contributed by atoms with van der Waals surface area (Å²) in [6, 6.07) is 20.0. The van der Waals surface area contributed by atoms with Gasteiger partial charge in [-0.1, -0.05) is 145 Å². The Morgan fingerprint density at radius 3 is 1.53 bits per heavy atom. The molecule has 0 aliphatic heterocycles. The van der Waals surface area contributed by atoms with Gasteiger partial charge in [0.1, 0.15) is 0 Å². The van der Waals surface area contributed by atoms with Crippen molar-refractivity contribution in [1.29, 1.82) is 0 Å². The van der Waals surface area contributed by atoms with Gasteiger partial charge in [0.25, 0.3) is 0 Å². The first kappa shape index (κ1) is 30.1. The van der Waals surface area contributed by atoms with Gasteiger partial charge in [0.15, 0.2) is 11.6 Å². The summed E-state index contributed by atoms with van der Waals surface area (Å²) < 4.78 is 31.0. The van der Waals surface area contributed by atoms with Crippen LogP contribution in [0, 0.1) is 11.6 Å². The van der Waals surface area contributed by atoms with Gasteiger partial charge in [-0.3, -0.25) is 0 Å². The molecule has 0 aliphatic rings. The van der Waals surface area contributed by atoms with Crippen LogP contribution in [0.25, 0.3) is 22.3 Å². The van der Waals surface area contributed by atoms with Gasteiger partial charge >= 0.3 is 0 Å². The Balaban J connectivity index is 1.74. The number of halogens is 2. The molecule has 206 valence electrons. The summed E-state index contributed by atoms with van der Waals surface area (Å²) in [7, 11) is 0. The van der Waals surface area contributed by atoms with E-state index in [-0.39, 0.29) is 0 Å². The topological polar surface area (TPSA) is 0 Å². The molecule has 0 aromatic heterocycles. The lowest BCUT2D eigenvalue weighted by molar-refractivity contribution is 0.493. The molecule has 0 saturated carbocycles. The number of benzene rings is 3. The molecule has 0 amide bonds. The van der Waals surface area contributed by atoms with Crippen molar-refractivity contribution in [2.75, 3.05) is 0 Å². The van der Waals surface area contributed by atoms with Crippen molar-refractivity contribution in [2.24, 2.45) is 0 Å². The highest BCUT2D eigenvalue weighted by atomic mass is 19.2. The Kier molecular flexibility index (Phi) is 13.6. The Morgan fingerprint density at radius 2 is 0.947 bits per heavy atom. The van der Waals surface area contributed by atoms with E-state index in [9.17, 15) is 0 Å². The zero-order chi connectivity index (χ0) is 27.0. The number of hydrogen-bond donors (Lipinski definition) is 0. The molecule has 3 rings (SSSR count). The third-order valence-electron chi connectivity index (χ3n) is 7.78. The molecular weight excluding hydrogens is 470 g/mol. The van der Waals surface area contributed by atoms with Crippen molar-refractivity contribution in [3.63, 3.8) is 0 Å². The van der Waals surface area contributed by atoms with E-state index in [1.54, 1.807) is 0 Å². The quantitative estimate of drug-likeness (QED) is 0.147. The van der Waals surface area contributed by atoms with Crippen molar-refractivity contribution in [3.8, 4) is 22.3 Å². The summed E-state index contributed by atoms with van der Waals surface area (Å²) in [6.45, 7) is 4.46. The first-order valence-corrected chi connectivity index (χ1v) is 15.3. The smallest absolute Gasteiger partial charge is 0.166 e. The van der Waals surface area contributed by atoms with Gasteiger partial charge in [0.05, 0.1) is 0 Å². The second-order valence-electron chi connectivity index (χ2n) is 10.9. The van der Waals surface area contributed by atoms with E-state index in [1.807, 2.05) is 48.5 Å². The van der Waals surface area contributed by atoms with Crippen LogP contribution in [0.4, 0.5) is 8.78 Å². The van der Waals surface area contributed by atoms with E-state index in [0.717, 1.165) is 54.4 Å². The Bertz CT molecular complexity index is 1050. The average Bonchev–Trinajstić information content (AvgIpc) is 2.95. The molecule has 0 aliphatic carbocycles. The maximum Gasteiger partial charge on any atom is 0.166 e. The normalized spacial score (nSPS) is 11.3. The molecule has 3 aromatic rings. The van der Waals surface area contributed by atoms with Crippen molar-refractivity contribution >= 4 is 0 Å². The van der Waals surface area contributed by atoms with Gasteiger partial charge in [-0.05, 0) is 59.6 Å². The summed E-state index contributed by atoms with van der Waals surface area (Å²) in [5.41, 5.74) is 4.95. The van der Waals surface area contributed by atoms with E-state index in [2.05, 4.69) is 26.0 Å². The van der Waals surface area contributed by atoms with Crippen LogP contribution in [-0.2, 0) is 12.8 Å². The summed E-state index contributed by atoms with van der Waals surface area (Å²) in [5.74, 6) is -1.32. The van der Waals surface area contributed by atoms with Crippen molar-refractivity contribution < 1.29 is 8.78 Å². The lowest BCUT2D eigenvalue weighted by Crippen LogP contribution is -2.05. The Labute approximate surface area is 230 Å². The molecule has 0 nitrogen and oxygen atoms in total. The molecule has 0 heterocycles. The summed E-state index contributed by atoms with van der Waals surface area (Å²) in [6.07, 6.45) is 18.3. The van der Waals surface area contributed by atoms with Crippen molar-refractivity contribution in [1.82, 2.24) is 0 Å². The predicted molar refractivity (Wildman–Crippen MR) is 161 cm³/mol. The van der Waals surface area contributed by atoms with Gasteiger partial charge in [0.2, 0.25) is 0 Å². The van der Waals surface area contributed by atoms with Crippen molar-refractivity contribution in [3.05, 3.63) is 83.4 Å². The second-order valence-corrected chi connectivity index (χ2v) is 10.9. The molecule has 0 N–H and O–H groups in total. The number of unbranched alkanes of at least 4 members (excludes halogenated alkanes) is 12. The largest absolute Gasteiger partial charge is 0.203 e. The van der Waals surface area contributed by atoms with Crippen LogP contribution in [0.2, 0.25) is 0 Å². The fourth-order valence-electron chi connectivity index (χ4n) is 5.42. The van der Waals surface area contributed by atoms with Gasteiger partial charge in [-0.2, -0.15) is 0 Å². The molecule has 0 unspecified atom stereocenters. The average molecular weight is 519 g/mol. The molecule has 38 heavy (non-hydrogen) atoms. The highest BCUT2D eigenvalue weighted by Crippen LogP contribution is 2.32. The highest BCUT2D eigenvalue weighted by Gasteiger charge is 2.19. The summed E-state index contributed by atoms with van der Waals surface area (Å²) in [5, 5.41) is 0. The van der Waals surface area contributed by atoms with Gasteiger partial charge in [-0.25, -0.2) is 8.78 Å². The standard InChI is InChI=1S/C36H48F2/c1-3-5-7-9-11-12-13-16-22-32-28-34(31-26-24-30(25-27-31)29-20-17-15-18-21-29)36(38)35(37)33(32)23-19-14-10-8-6-4-2/h15,17-18,20-21,24-28H,3-14,16,19,22-23H2,1-2H3. The number of aryl methyl sites for hydroxylation is 1. The molecule has 0 radical (unpaired) electrons. The van der Waals surface area contributed by atoms with E-state index < -0.39 is 11.6 Å². The van der Waals surface area contributed by atoms with Crippen LogP contribution < -0.4 is 0 Å². The van der Waals surface area contributed by atoms with Crippen LogP contribution >= 0.6 is 0 Å². The van der Waals surface area contributed by atoms with Crippen LogP contribution in [0.15, 0.2) is 60.7 Å². The van der Waals surface area contributed by atoms with Crippen LogP contribution in [-0.4, -0.2) is 0 Å². The monoisotopic (exact) mass is 518 g/mol. The number of hydrogen-bond acceptors (Lipinski definition) is 0. The zero-order valence-corrected chi connectivity index (χ0v) is 23.8. The van der Waals surface area contributed by atoms with Crippen LogP contribution in [0.5, 0.6) is 0 Å². The first-order valence-electron chi connectivity index (χ1n) is 15.3. The third-order valence-corrected chi connectivity index (χ3v) is 7.78. The lowest BCUT2D eigenvalue weighted by Gasteiger charge is -2.16. The molecule has 3 aromatic carbocycles. The Hall–Kier alpha value is -2.48. The van der Waals surface area contributed by atoms with Crippen LogP contribution in [0.1, 0.15) is 115 Å². The number of rotatable bonds is 18. The first-order chi connectivity index (χ1) is 18.7. The second kappa shape index (κ2) is 17.2. The maximum absolute atomic E-state index is 15.6. The van der Waals surface area contributed by atoms with Crippen LogP contribution in [0.3, 0.4) is 0 Å². The molecule has 2 heteroatoms. The minimum Gasteiger partial charge on any atom is -0.203 e. The SMILES string of the molecule is CCCCCCCCCCc1cc(-c2ccc(-c3ccccc3)cc2)c(F)c(F)c1CCCCCCCC. The van der Waals surface area contributed by atoms with Crippen molar-refractivity contribution in [2.45, 2.75) is 117 Å². The predicted octanol–water partition coefficient (Wildman–Crippen LogP) is 11.9. The van der Waals surface area contributed by atoms with Gasteiger partial charge in [-0.15, -0.1) is 0 Å². The van der Waals surface area contributed by atoms with Gasteiger partial charge in [0, 0.05) is 5.56 Å². The summed E-state index contributed by atoms with van der Waals surface area (Å²) in [4.78, 5) is 0. The van der Waals surface area contributed by atoms with E-state index in [0.29, 0.717) is 17.5 Å². The zero-order valence-electron chi connectivity index (χ0n) is 23.8. The molecular formula is C36H48F2.